The lowest BCUT2D eigenvalue weighted by Gasteiger charge is -2.24. The van der Waals surface area contributed by atoms with Gasteiger partial charge in [0.15, 0.2) is 0 Å². The molecule has 78 valence electrons. The van der Waals surface area contributed by atoms with Gasteiger partial charge in [-0.3, -0.25) is 9.97 Å². The minimum absolute atomic E-state index is 0.0953. The van der Waals surface area contributed by atoms with Crippen molar-refractivity contribution in [1.82, 2.24) is 9.97 Å². The van der Waals surface area contributed by atoms with Crippen molar-refractivity contribution in [3.05, 3.63) is 23.8 Å². The van der Waals surface area contributed by atoms with Gasteiger partial charge < -0.3 is 0 Å². The maximum atomic E-state index is 6.30. The Labute approximate surface area is 90.7 Å². The van der Waals surface area contributed by atoms with Crippen molar-refractivity contribution in [2.24, 2.45) is 5.41 Å². The van der Waals surface area contributed by atoms with Gasteiger partial charge in [0.25, 0.3) is 0 Å². The van der Waals surface area contributed by atoms with Crippen LogP contribution in [0.2, 0.25) is 0 Å². The van der Waals surface area contributed by atoms with Crippen LogP contribution in [-0.2, 0) is 6.42 Å². The number of halogens is 1. The van der Waals surface area contributed by atoms with E-state index >= 15 is 0 Å². The molecule has 1 rings (SSSR count). The van der Waals surface area contributed by atoms with E-state index in [-0.39, 0.29) is 10.8 Å². The van der Waals surface area contributed by atoms with Gasteiger partial charge in [-0.1, -0.05) is 20.8 Å². The molecular formula is C11H17ClN2. The van der Waals surface area contributed by atoms with Crippen LogP contribution in [0, 0.1) is 12.3 Å². The van der Waals surface area contributed by atoms with Crippen molar-refractivity contribution in [2.45, 2.75) is 39.5 Å². The van der Waals surface area contributed by atoms with E-state index in [1.807, 2.05) is 6.92 Å². The molecule has 0 saturated carbocycles. The molecule has 2 nitrogen and oxygen atoms in total. The van der Waals surface area contributed by atoms with Crippen LogP contribution < -0.4 is 0 Å². The average Bonchev–Trinajstić information content (AvgIpc) is 2.07. The predicted octanol–water partition coefficient (Wildman–Crippen LogP) is 2.98. The molecule has 0 fully saturated rings. The number of rotatable bonds is 2. The van der Waals surface area contributed by atoms with Crippen molar-refractivity contribution in [2.75, 3.05) is 0 Å². The molecule has 0 aliphatic carbocycles. The van der Waals surface area contributed by atoms with E-state index in [0.29, 0.717) is 0 Å². The largest absolute Gasteiger partial charge is 0.258 e. The zero-order chi connectivity index (χ0) is 10.8. The molecule has 0 bridgehead atoms. The zero-order valence-electron chi connectivity index (χ0n) is 9.21. The molecule has 0 amide bonds. The summed E-state index contributed by atoms with van der Waals surface area (Å²) in [7, 11) is 0. The van der Waals surface area contributed by atoms with E-state index in [9.17, 15) is 0 Å². The summed E-state index contributed by atoms with van der Waals surface area (Å²) >= 11 is 6.30. The topological polar surface area (TPSA) is 25.8 Å². The molecule has 0 aliphatic rings. The van der Waals surface area contributed by atoms with Crippen molar-refractivity contribution in [1.29, 1.82) is 0 Å². The highest BCUT2D eigenvalue weighted by Crippen LogP contribution is 2.27. The molecule has 0 spiro atoms. The summed E-state index contributed by atoms with van der Waals surface area (Å²) in [4.78, 5) is 8.48. The molecule has 1 aromatic heterocycles. The first-order chi connectivity index (χ1) is 6.41. The second-order valence-electron chi connectivity index (χ2n) is 4.63. The maximum Gasteiger partial charge on any atom is 0.0630 e. The summed E-state index contributed by atoms with van der Waals surface area (Å²) in [6.07, 6.45) is 4.21. The summed E-state index contributed by atoms with van der Waals surface area (Å²) in [6.45, 7) is 8.37. The molecular weight excluding hydrogens is 196 g/mol. The van der Waals surface area contributed by atoms with Crippen LogP contribution >= 0.6 is 11.6 Å². The van der Waals surface area contributed by atoms with Crippen LogP contribution in [0.1, 0.15) is 32.2 Å². The van der Waals surface area contributed by atoms with Gasteiger partial charge in [-0.2, -0.15) is 0 Å². The zero-order valence-corrected chi connectivity index (χ0v) is 9.97. The van der Waals surface area contributed by atoms with Crippen molar-refractivity contribution in [3.63, 3.8) is 0 Å². The van der Waals surface area contributed by atoms with E-state index in [0.717, 1.165) is 17.8 Å². The highest BCUT2D eigenvalue weighted by atomic mass is 35.5. The quantitative estimate of drug-likeness (QED) is 0.705. The van der Waals surface area contributed by atoms with Gasteiger partial charge in [0.05, 0.1) is 11.4 Å². The van der Waals surface area contributed by atoms with Gasteiger partial charge in [-0.15, -0.1) is 11.6 Å². The Hall–Kier alpha value is -0.630. The smallest absolute Gasteiger partial charge is 0.0630 e. The number of hydrogen-bond acceptors (Lipinski definition) is 2. The fourth-order valence-corrected chi connectivity index (χ4v) is 1.26. The summed E-state index contributed by atoms with van der Waals surface area (Å²) in [6, 6.07) is 0. The van der Waals surface area contributed by atoms with E-state index in [4.69, 9.17) is 11.6 Å². The summed E-state index contributed by atoms with van der Waals surface area (Å²) in [5, 5.41) is 0.0953. The van der Waals surface area contributed by atoms with Crippen molar-refractivity contribution < 1.29 is 0 Å². The monoisotopic (exact) mass is 212 g/mol. The van der Waals surface area contributed by atoms with Gasteiger partial charge in [0.2, 0.25) is 0 Å². The molecule has 0 aromatic carbocycles. The number of alkyl halides is 1. The SMILES string of the molecule is Cc1nccnc1CC(Cl)C(C)(C)C. The van der Waals surface area contributed by atoms with Crippen LogP contribution in [0.3, 0.4) is 0 Å². The molecule has 0 saturated heterocycles. The Kier molecular flexibility index (Phi) is 3.48. The Balaban J connectivity index is 2.75. The van der Waals surface area contributed by atoms with Crippen LogP contribution in [0.5, 0.6) is 0 Å². The number of aromatic nitrogens is 2. The predicted molar refractivity (Wildman–Crippen MR) is 59.6 cm³/mol. The van der Waals surface area contributed by atoms with Crippen molar-refractivity contribution >= 4 is 11.6 Å². The normalized spacial score (nSPS) is 14.1. The lowest BCUT2D eigenvalue weighted by atomic mass is 9.89. The molecule has 1 atom stereocenters. The van der Waals surface area contributed by atoms with Crippen LogP contribution in [0.15, 0.2) is 12.4 Å². The lowest BCUT2D eigenvalue weighted by Crippen LogP contribution is -2.23. The van der Waals surface area contributed by atoms with Gasteiger partial charge in [0, 0.05) is 24.2 Å². The molecule has 3 heteroatoms. The summed E-state index contributed by atoms with van der Waals surface area (Å²) < 4.78 is 0. The highest BCUT2D eigenvalue weighted by molar-refractivity contribution is 6.21. The van der Waals surface area contributed by atoms with Crippen LogP contribution in [0.25, 0.3) is 0 Å². The van der Waals surface area contributed by atoms with E-state index in [2.05, 4.69) is 30.7 Å². The summed E-state index contributed by atoms with van der Waals surface area (Å²) in [5.74, 6) is 0. The van der Waals surface area contributed by atoms with Gasteiger partial charge in [-0.25, -0.2) is 0 Å². The Morgan fingerprint density at radius 1 is 1.29 bits per heavy atom. The standard InChI is InChI=1S/C11H17ClN2/c1-8-9(14-6-5-13-8)7-10(12)11(2,3)4/h5-6,10H,7H2,1-4H3. The molecule has 1 unspecified atom stereocenters. The minimum atomic E-state index is 0.0953. The first-order valence-corrected chi connectivity index (χ1v) is 5.25. The van der Waals surface area contributed by atoms with E-state index in [1.165, 1.54) is 0 Å². The number of aryl methyl sites for hydroxylation is 1. The van der Waals surface area contributed by atoms with Gasteiger partial charge in [-0.05, 0) is 12.3 Å². The second-order valence-corrected chi connectivity index (χ2v) is 5.15. The van der Waals surface area contributed by atoms with Gasteiger partial charge >= 0.3 is 0 Å². The third-order valence-corrected chi connectivity index (χ3v) is 3.10. The Morgan fingerprint density at radius 2 is 1.86 bits per heavy atom. The molecule has 1 heterocycles. The fraction of sp³-hybridized carbons (Fsp3) is 0.636. The minimum Gasteiger partial charge on any atom is -0.258 e. The molecule has 0 N–H and O–H groups in total. The number of hydrogen-bond donors (Lipinski definition) is 0. The average molecular weight is 213 g/mol. The van der Waals surface area contributed by atoms with Crippen LogP contribution in [-0.4, -0.2) is 15.3 Å². The van der Waals surface area contributed by atoms with Crippen LogP contribution in [0.4, 0.5) is 0 Å². The maximum absolute atomic E-state index is 6.30. The molecule has 0 aliphatic heterocycles. The van der Waals surface area contributed by atoms with E-state index in [1.54, 1.807) is 12.4 Å². The third-order valence-electron chi connectivity index (χ3n) is 2.30. The highest BCUT2D eigenvalue weighted by Gasteiger charge is 2.23. The molecule has 0 radical (unpaired) electrons. The van der Waals surface area contributed by atoms with Crippen molar-refractivity contribution in [3.8, 4) is 0 Å². The molecule has 1 aromatic rings. The third kappa shape index (κ3) is 2.95. The fourth-order valence-electron chi connectivity index (χ4n) is 1.11. The van der Waals surface area contributed by atoms with Gasteiger partial charge in [0.1, 0.15) is 0 Å². The van der Waals surface area contributed by atoms with E-state index < -0.39 is 0 Å². The Morgan fingerprint density at radius 3 is 2.36 bits per heavy atom. The lowest BCUT2D eigenvalue weighted by molar-refractivity contribution is 0.384. The first kappa shape index (κ1) is 11.4. The number of nitrogens with zero attached hydrogens (tertiary/aromatic N) is 2. The Bertz CT molecular complexity index is 304. The summed E-state index contributed by atoms with van der Waals surface area (Å²) in [5.41, 5.74) is 2.08. The first-order valence-electron chi connectivity index (χ1n) is 4.82. The molecule has 14 heavy (non-hydrogen) atoms. The second kappa shape index (κ2) is 4.26.